The molecule has 0 saturated heterocycles. The Kier molecular flexibility index (Phi) is 8.30. The van der Waals surface area contributed by atoms with E-state index in [1.807, 2.05) is 95.9 Å². The number of rotatable bonds is 7. The van der Waals surface area contributed by atoms with Gasteiger partial charge in [0.2, 0.25) is 0 Å². The molecule has 8 rings (SSSR count). The van der Waals surface area contributed by atoms with Crippen LogP contribution in [-0.4, -0.2) is 9.97 Å². The standard InChI is InChI=1S/C44H27F4N3/c45-35-17-32(18-36(46)25-35)30-13-7-15-39(21-30)51(40-16-8-14-31(22-40)33-19-37(47)26-38(48)20-33)43-27-49-42-24-34(28-9-3-1-4-10-28)23-41(44(42)50-43)29-11-5-2-6-12-29/h1-27H. The maximum atomic E-state index is 14.3. The van der Waals surface area contributed by atoms with Gasteiger partial charge in [-0.05, 0) is 99.6 Å². The van der Waals surface area contributed by atoms with Gasteiger partial charge in [0.25, 0.3) is 0 Å². The second-order valence-electron chi connectivity index (χ2n) is 12.1. The molecule has 7 aromatic carbocycles. The van der Waals surface area contributed by atoms with Crippen molar-refractivity contribution in [2.75, 3.05) is 4.90 Å². The molecule has 0 aliphatic heterocycles. The van der Waals surface area contributed by atoms with Gasteiger partial charge in [0.15, 0.2) is 5.82 Å². The van der Waals surface area contributed by atoms with Gasteiger partial charge in [0, 0.05) is 29.1 Å². The van der Waals surface area contributed by atoms with Gasteiger partial charge in [0.05, 0.1) is 17.2 Å². The quantitative estimate of drug-likeness (QED) is 0.158. The lowest BCUT2D eigenvalue weighted by Crippen LogP contribution is -2.12. The first kappa shape index (κ1) is 31.7. The van der Waals surface area contributed by atoms with E-state index in [-0.39, 0.29) is 0 Å². The molecule has 0 spiro atoms. The summed E-state index contributed by atoms with van der Waals surface area (Å²) in [6.07, 6.45) is 1.68. The Morgan fingerprint density at radius 2 is 0.863 bits per heavy atom. The molecule has 3 nitrogen and oxygen atoms in total. The number of fused-ring (bicyclic) bond motifs is 1. The van der Waals surface area contributed by atoms with Gasteiger partial charge in [0.1, 0.15) is 23.3 Å². The van der Waals surface area contributed by atoms with Crippen LogP contribution >= 0.6 is 0 Å². The Balaban J connectivity index is 1.34. The van der Waals surface area contributed by atoms with Crippen molar-refractivity contribution >= 4 is 28.2 Å². The monoisotopic (exact) mass is 673 g/mol. The number of anilines is 3. The zero-order valence-electron chi connectivity index (χ0n) is 26.9. The second-order valence-corrected chi connectivity index (χ2v) is 12.1. The van der Waals surface area contributed by atoms with Crippen LogP contribution in [-0.2, 0) is 0 Å². The maximum absolute atomic E-state index is 14.3. The molecule has 0 bridgehead atoms. The van der Waals surface area contributed by atoms with Gasteiger partial charge in [-0.15, -0.1) is 0 Å². The van der Waals surface area contributed by atoms with Crippen molar-refractivity contribution < 1.29 is 17.6 Å². The highest BCUT2D eigenvalue weighted by Crippen LogP contribution is 2.40. The summed E-state index contributed by atoms with van der Waals surface area (Å²) in [5.41, 5.74) is 8.35. The summed E-state index contributed by atoms with van der Waals surface area (Å²) in [4.78, 5) is 12.0. The maximum Gasteiger partial charge on any atom is 0.156 e. The highest BCUT2D eigenvalue weighted by Gasteiger charge is 2.19. The Morgan fingerprint density at radius 3 is 1.39 bits per heavy atom. The summed E-state index contributed by atoms with van der Waals surface area (Å²) in [6, 6.07) is 45.4. The number of nitrogens with zero attached hydrogens (tertiary/aromatic N) is 3. The zero-order chi connectivity index (χ0) is 34.9. The van der Waals surface area contributed by atoms with Crippen molar-refractivity contribution in [1.82, 2.24) is 9.97 Å². The third-order valence-corrected chi connectivity index (χ3v) is 8.66. The van der Waals surface area contributed by atoms with Crippen LogP contribution < -0.4 is 4.90 Å². The molecule has 0 fully saturated rings. The predicted octanol–water partition coefficient (Wildman–Crippen LogP) is 12.3. The average molecular weight is 674 g/mol. The summed E-state index contributed by atoms with van der Waals surface area (Å²) < 4.78 is 57.2. The molecule has 1 heterocycles. The number of hydrogen-bond acceptors (Lipinski definition) is 3. The van der Waals surface area contributed by atoms with E-state index in [9.17, 15) is 17.6 Å². The minimum atomic E-state index is -0.689. The van der Waals surface area contributed by atoms with E-state index >= 15 is 0 Å². The normalized spacial score (nSPS) is 11.1. The molecule has 1 aromatic heterocycles. The van der Waals surface area contributed by atoms with Crippen molar-refractivity contribution in [3.05, 3.63) is 187 Å². The van der Waals surface area contributed by atoms with Gasteiger partial charge in [-0.25, -0.2) is 22.5 Å². The highest BCUT2D eigenvalue weighted by atomic mass is 19.1. The van der Waals surface area contributed by atoms with Crippen LogP contribution in [0.4, 0.5) is 34.8 Å². The van der Waals surface area contributed by atoms with E-state index in [1.165, 1.54) is 24.3 Å². The van der Waals surface area contributed by atoms with Gasteiger partial charge in [-0.2, -0.15) is 0 Å². The van der Waals surface area contributed by atoms with E-state index in [1.54, 1.807) is 30.5 Å². The highest BCUT2D eigenvalue weighted by molar-refractivity contribution is 5.97. The van der Waals surface area contributed by atoms with Crippen molar-refractivity contribution in [3.63, 3.8) is 0 Å². The number of aromatic nitrogens is 2. The van der Waals surface area contributed by atoms with Crippen LogP contribution in [0.15, 0.2) is 164 Å². The van der Waals surface area contributed by atoms with Gasteiger partial charge >= 0.3 is 0 Å². The van der Waals surface area contributed by atoms with Crippen LogP contribution in [0.2, 0.25) is 0 Å². The largest absolute Gasteiger partial charge is 0.294 e. The summed E-state index contributed by atoms with van der Waals surface area (Å²) in [7, 11) is 0. The fourth-order valence-electron chi connectivity index (χ4n) is 6.35. The molecule has 8 aromatic rings. The molecular formula is C44H27F4N3. The Hall–Kier alpha value is -6.60. The van der Waals surface area contributed by atoms with Crippen LogP contribution in [0.3, 0.4) is 0 Å². The molecule has 0 radical (unpaired) electrons. The van der Waals surface area contributed by atoms with E-state index in [0.717, 1.165) is 34.4 Å². The minimum absolute atomic E-state index is 0.364. The van der Waals surface area contributed by atoms with E-state index < -0.39 is 23.3 Å². The smallest absolute Gasteiger partial charge is 0.156 e. The predicted molar refractivity (Wildman–Crippen MR) is 196 cm³/mol. The minimum Gasteiger partial charge on any atom is -0.294 e. The van der Waals surface area contributed by atoms with Crippen LogP contribution in [0.1, 0.15) is 0 Å². The van der Waals surface area contributed by atoms with E-state index in [0.29, 0.717) is 50.5 Å². The molecule has 246 valence electrons. The third-order valence-electron chi connectivity index (χ3n) is 8.66. The molecule has 0 amide bonds. The van der Waals surface area contributed by atoms with Crippen LogP contribution in [0.25, 0.3) is 55.5 Å². The molecule has 0 unspecified atom stereocenters. The lowest BCUT2D eigenvalue weighted by molar-refractivity contribution is 0.583. The van der Waals surface area contributed by atoms with Crippen LogP contribution in [0.5, 0.6) is 0 Å². The fourth-order valence-corrected chi connectivity index (χ4v) is 6.35. The number of hydrogen-bond donors (Lipinski definition) is 0. The Labute approximate surface area is 291 Å². The van der Waals surface area contributed by atoms with Crippen LogP contribution in [0, 0.1) is 23.3 Å². The topological polar surface area (TPSA) is 29.0 Å². The zero-order valence-corrected chi connectivity index (χ0v) is 26.9. The first-order chi connectivity index (χ1) is 24.9. The lowest BCUT2D eigenvalue weighted by Gasteiger charge is -2.26. The van der Waals surface area contributed by atoms with Crippen molar-refractivity contribution in [1.29, 1.82) is 0 Å². The molecule has 51 heavy (non-hydrogen) atoms. The Morgan fingerprint density at radius 1 is 0.392 bits per heavy atom. The third kappa shape index (κ3) is 6.57. The molecule has 7 heteroatoms. The van der Waals surface area contributed by atoms with Crippen molar-refractivity contribution in [2.45, 2.75) is 0 Å². The first-order valence-corrected chi connectivity index (χ1v) is 16.2. The number of halogens is 4. The molecule has 0 N–H and O–H groups in total. The van der Waals surface area contributed by atoms with E-state index in [4.69, 9.17) is 9.97 Å². The summed E-state index contributed by atoms with van der Waals surface area (Å²) in [5, 5.41) is 0. The lowest BCUT2D eigenvalue weighted by atomic mass is 9.97. The Bertz CT molecular complexity index is 2400. The van der Waals surface area contributed by atoms with E-state index in [2.05, 4.69) is 6.07 Å². The van der Waals surface area contributed by atoms with Gasteiger partial charge in [-0.1, -0.05) is 84.9 Å². The molecule has 0 aliphatic carbocycles. The summed E-state index contributed by atoms with van der Waals surface area (Å²) in [5.74, 6) is -2.30. The average Bonchev–Trinajstić information content (AvgIpc) is 3.15. The fraction of sp³-hybridized carbons (Fsp3) is 0. The second kappa shape index (κ2) is 13.4. The van der Waals surface area contributed by atoms with Gasteiger partial charge in [-0.3, -0.25) is 9.88 Å². The van der Waals surface area contributed by atoms with Crippen molar-refractivity contribution in [2.24, 2.45) is 0 Å². The molecule has 0 aliphatic rings. The summed E-state index contributed by atoms with van der Waals surface area (Å²) >= 11 is 0. The SMILES string of the molecule is Fc1cc(F)cc(-c2cccc(N(c3cccc(-c4cc(F)cc(F)c4)c3)c3cnc4cc(-c5ccccc5)cc(-c5ccccc5)c4n3)c2)c1. The summed E-state index contributed by atoms with van der Waals surface area (Å²) in [6.45, 7) is 0. The first-order valence-electron chi connectivity index (χ1n) is 16.2. The number of benzene rings is 7. The van der Waals surface area contributed by atoms with Crippen molar-refractivity contribution in [3.8, 4) is 44.5 Å². The van der Waals surface area contributed by atoms with Gasteiger partial charge < -0.3 is 0 Å². The molecular weight excluding hydrogens is 646 g/mol. The molecule has 0 saturated carbocycles. The molecule has 0 atom stereocenters.